The van der Waals surface area contributed by atoms with Crippen molar-refractivity contribution in [1.29, 1.82) is 0 Å². The van der Waals surface area contributed by atoms with E-state index in [0.29, 0.717) is 0 Å². The highest BCUT2D eigenvalue weighted by molar-refractivity contribution is 8.92. The number of hydrogen-bond donors (Lipinski definition) is 3. The fraction of sp³-hybridized carbons (Fsp3) is 0.810. The van der Waals surface area contributed by atoms with E-state index in [4.69, 9.17) is 72.0 Å². The van der Waals surface area contributed by atoms with E-state index in [-0.39, 0.29) is 41.9 Å². The Kier molecular flexibility index (Phi) is 23.9. The molecule has 0 saturated carbocycles. The van der Waals surface area contributed by atoms with Crippen molar-refractivity contribution in [3.63, 3.8) is 0 Å². The molecule has 0 spiro atoms. The minimum absolute atomic E-state index is 0.146. The zero-order valence-electron chi connectivity index (χ0n) is 23.6. The van der Waals surface area contributed by atoms with Crippen LogP contribution in [0.15, 0.2) is 0 Å². The van der Waals surface area contributed by atoms with Gasteiger partial charge in [-0.1, -0.05) is 10.8 Å². The first-order valence-electron chi connectivity index (χ1n) is 11.8. The number of rotatable bonds is 17. The van der Waals surface area contributed by atoms with E-state index in [1.54, 1.807) is 0 Å². The molecule has 240 valence electrons. The summed E-state index contributed by atoms with van der Waals surface area (Å²) in [6.45, 7) is 13.3. The second-order valence-corrected chi connectivity index (χ2v) is 20.1. The Morgan fingerprint density at radius 3 is 1.29 bits per heavy atom. The first-order chi connectivity index (χ1) is 19.0. The first-order valence-corrected chi connectivity index (χ1v) is 22.0. The maximum absolute atomic E-state index is 11.5. The summed E-state index contributed by atoms with van der Waals surface area (Å²) in [5.74, 6) is 0. The van der Waals surface area contributed by atoms with E-state index < -0.39 is 28.3 Å². The predicted molar refractivity (Wildman–Crippen MR) is 202 cm³/mol. The molecule has 20 heteroatoms. The molecule has 0 bridgehead atoms. The minimum Gasteiger partial charge on any atom is -0.475 e. The highest BCUT2D eigenvalue weighted by Gasteiger charge is 2.60. The third-order valence-electron chi connectivity index (χ3n) is 3.87. The maximum atomic E-state index is 11.5. The summed E-state index contributed by atoms with van der Waals surface area (Å²) < 4.78 is 27.8. The standard InChI is InChI=1S/C21H36O8S12/c1-11(2)25-16(30)35-34-15(24)20(9-22,10-23)21(39-36-17(31)26-12(3)4,40-37-18(32)27-13(5)6)29-41-38-19(33)28-14(7)8/h11-15,22-24H,9-10H2,1-8H3. The fourth-order valence-electron chi connectivity index (χ4n) is 2.13. The summed E-state index contributed by atoms with van der Waals surface area (Å²) in [5, 5.41) is 33.1. The fourth-order valence-corrected chi connectivity index (χ4v) is 14.5. The number of ether oxygens (including phenoxy) is 4. The van der Waals surface area contributed by atoms with Crippen molar-refractivity contribution in [2.75, 3.05) is 13.2 Å². The molecule has 41 heavy (non-hydrogen) atoms. The monoisotopic (exact) mass is 800 g/mol. The van der Waals surface area contributed by atoms with Gasteiger partial charge in [-0.05, 0) is 158 Å². The van der Waals surface area contributed by atoms with Crippen LogP contribution in [0.1, 0.15) is 55.4 Å². The van der Waals surface area contributed by atoms with Gasteiger partial charge in [0, 0.05) is 10.8 Å². The Bertz CT molecular complexity index is 800. The third kappa shape index (κ3) is 17.1. The van der Waals surface area contributed by atoms with Crippen LogP contribution < -0.4 is 0 Å². The van der Waals surface area contributed by atoms with E-state index in [1.807, 2.05) is 55.4 Å². The lowest BCUT2D eigenvalue weighted by Gasteiger charge is -2.47. The maximum Gasteiger partial charge on any atom is 0.233 e. The van der Waals surface area contributed by atoms with Gasteiger partial charge in [-0.2, -0.15) is 0 Å². The van der Waals surface area contributed by atoms with Crippen molar-refractivity contribution in [1.82, 2.24) is 0 Å². The van der Waals surface area contributed by atoms with Crippen molar-refractivity contribution in [2.24, 2.45) is 5.41 Å². The zero-order valence-corrected chi connectivity index (χ0v) is 33.4. The van der Waals surface area contributed by atoms with Gasteiger partial charge in [0.2, 0.25) is 21.8 Å². The second kappa shape index (κ2) is 22.7. The Morgan fingerprint density at radius 2 is 0.951 bits per heavy atom. The van der Waals surface area contributed by atoms with E-state index in [0.717, 1.165) is 86.6 Å². The van der Waals surface area contributed by atoms with Crippen LogP contribution in [-0.4, -0.2) is 80.2 Å². The van der Waals surface area contributed by atoms with Crippen LogP contribution >= 0.6 is 136 Å². The molecule has 0 rings (SSSR count). The quantitative estimate of drug-likeness (QED) is 0.0569. The van der Waals surface area contributed by atoms with Gasteiger partial charge in [0.25, 0.3) is 0 Å². The average molecular weight is 801 g/mol. The summed E-state index contributed by atoms with van der Waals surface area (Å²) in [7, 11) is 7.13. The van der Waals surface area contributed by atoms with E-state index >= 15 is 0 Å². The lowest BCUT2D eigenvalue weighted by atomic mass is 9.91. The SMILES string of the molecule is CC(C)OC(=S)SSOC(SSC(=S)OC(C)C)(SSC(=S)OC(C)C)C(CO)(CO)C(O)SSC(=S)OC(C)C. The normalized spacial score (nSPS) is 13.0. The van der Waals surface area contributed by atoms with E-state index in [1.165, 1.54) is 0 Å². The van der Waals surface area contributed by atoms with Gasteiger partial charge in [0.1, 0.15) is 10.9 Å². The lowest BCUT2D eigenvalue weighted by molar-refractivity contribution is -0.0591. The molecule has 0 radical (unpaired) electrons. The number of aliphatic hydroxyl groups is 3. The summed E-state index contributed by atoms with van der Waals surface area (Å²) in [5.41, 5.74) is -3.16. The van der Waals surface area contributed by atoms with Crippen LogP contribution in [0.2, 0.25) is 0 Å². The van der Waals surface area contributed by atoms with Crippen molar-refractivity contribution < 1.29 is 38.5 Å². The van der Waals surface area contributed by atoms with Crippen LogP contribution in [-0.2, 0) is 23.1 Å². The minimum atomic E-state index is -1.73. The molecule has 0 amide bonds. The Balaban J connectivity index is 6.54. The molecule has 0 aromatic rings. The predicted octanol–water partition coefficient (Wildman–Crippen LogP) is 8.23. The summed E-state index contributed by atoms with van der Waals surface area (Å²) >= 11 is 22.2. The Morgan fingerprint density at radius 1 is 0.610 bits per heavy atom. The molecule has 0 heterocycles. The first kappa shape index (κ1) is 43.2. The molecule has 0 aliphatic carbocycles. The highest BCUT2D eigenvalue weighted by atomic mass is 33.1. The molecule has 8 nitrogen and oxygen atoms in total. The Labute approximate surface area is 296 Å². The third-order valence-corrected chi connectivity index (χ3v) is 16.5. The zero-order chi connectivity index (χ0) is 31.8. The van der Waals surface area contributed by atoms with Crippen molar-refractivity contribution in [3.05, 3.63) is 0 Å². The molecule has 0 aromatic carbocycles. The number of hydrogen-bond acceptors (Lipinski definition) is 20. The molecular weight excluding hydrogens is 765 g/mol. The molecule has 1 atom stereocenters. The highest BCUT2D eigenvalue weighted by Crippen LogP contribution is 2.64. The van der Waals surface area contributed by atoms with Gasteiger partial charge in [0.15, 0.2) is 0 Å². The molecule has 3 N–H and O–H groups in total. The van der Waals surface area contributed by atoms with Gasteiger partial charge in [0.05, 0.1) is 48.7 Å². The van der Waals surface area contributed by atoms with Crippen LogP contribution in [0.5, 0.6) is 0 Å². The van der Waals surface area contributed by atoms with Crippen molar-refractivity contribution in [2.45, 2.75) is 89.5 Å². The van der Waals surface area contributed by atoms with Gasteiger partial charge in [-0.15, -0.1) is 0 Å². The van der Waals surface area contributed by atoms with Gasteiger partial charge in [-0.25, -0.2) is 0 Å². The van der Waals surface area contributed by atoms with Gasteiger partial charge < -0.3 is 34.3 Å². The summed E-state index contributed by atoms with van der Waals surface area (Å²) in [6, 6.07) is 0. The molecule has 0 fully saturated rings. The van der Waals surface area contributed by atoms with E-state index in [2.05, 4.69) is 0 Å². The van der Waals surface area contributed by atoms with Gasteiger partial charge in [-0.3, -0.25) is 4.18 Å². The average Bonchev–Trinajstić information content (AvgIpc) is 2.84. The number of aliphatic hydroxyl groups excluding tert-OH is 3. The molecule has 0 aliphatic rings. The molecule has 0 aliphatic heterocycles. The van der Waals surface area contributed by atoms with Crippen LogP contribution in [0, 0.1) is 5.41 Å². The molecule has 1 unspecified atom stereocenters. The second-order valence-electron chi connectivity index (χ2n) is 8.79. The van der Waals surface area contributed by atoms with Crippen LogP contribution in [0.4, 0.5) is 0 Å². The largest absolute Gasteiger partial charge is 0.475 e. The summed E-state index contributed by atoms with van der Waals surface area (Å²) in [4.78, 5) is 0. The smallest absolute Gasteiger partial charge is 0.233 e. The van der Waals surface area contributed by atoms with Crippen molar-refractivity contribution in [3.8, 4) is 0 Å². The van der Waals surface area contributed by atoms with Crippen LogP contribution in [0.3, 0.4) is 0 Å². The topological polar surface area (TPSA) is 107 Å². The molecule has 0 saturated heterocycles. The van der Waals surface area contributed by atoms with Crippen molar-refractivity contribution >= 4 is 153 Å². The lowest BCUT2D eigenvalue weighted by Crippen LogP contribution is -2.55. The molecule has 0 aromatic heterocycles. The van der Waals surface area contributed by atoms with Gasteiger partial charge >= 0.3 is 0 Å². The summed E-state index contributed by atoms with van der Waals surface area (Å²) in [6.07, 6.45) is -0.679. The van der Waals surface area contributed by atoms with Crippen LogP contribution in [0.25, 0.3) is 0 Å². The number of thiocarbonyl (C=S) groups is 4. The molecular formula is C21H36O8S12. The van der Waals surface area contributed by atoms with E-state index in [9.17, 15) is 15.3 Å². The Hall–Kier alpha value is 2.20.